The zero-order valence-corrected chi connectivity index (χ0v) is 38.0. The maximum Gasteiger partial charge on any atom is 0.289 e. The van der Waals surface area contributed by atoms with Crippen LogP contribution in [-0.4, -0.2) is 143 Å². The van der Waals surface area contributed by atoms with E-state index in [2.05, 4.69) is 66.4 Å². The fraction of sp³-hybridized carbons (Fsp3) is 0.595. The molecule has 3 aliphatic rings. The Balaban J connectivity index is 0.000000184. The van der Waals surface area contributed by atoms with Crippen molar-refractivity contribution < 1.29 is 44.0 Å². The van der Waals surface area contributed by atoms with Crippen LogP contribution in [0, 0.1) is 5.92 Å². The molecule has 2 saturated heterocycles. The van der Waals surface area contributed by atoms with Gasteiger partial charge in [0.1, 0.15) is 36.8 Å². The molecule has 8 atom stereocenters. The molecule has 0 spiro atoms. The van der Waals surface area contributed by atoms with Gasteiger partial charge in [0, 0.05) is 39.8 Å². The molecule has 3 fully saturated rings. The van der Waals surface area contributed by atoms with Gasteiger partial charge in [-0.2, -0.15) is 5.10 Å². The Labute approximate surface area is 384 Å². The zero-order valence-electron chi connectivity index (χ0n) is 38.0. The quantitative estimate of drug-likeness (QED) is 0.0727. The van der Waals surface area contributed by atoms with Gasteiger partial charge in [0.2, 0.25) is 11.6 Å². The third-order valence-electron chi connectivity index (χ3n) is 12.2. The molecule has 0 radical (unpaired) electrons. The first-order chi connectivity index (χ1) is 32.5. The number of nitrogens with one attached hydrogen (secondary N) is 4. The standard InChI is InChI=1S/C23H33N9O4.C19H25N7O5/c1-3-31-11-27-19(30-31)17-15(33)16(34)23(36-17)32-12-26-14-18(24-2)28-20(29-21(14)32)22(35)25-10-9-13-7-5-4-6-8-13;1-4-6-21-18(29)16-23-15(20-3)11-17(24-16)26(8-22-11)19-13(28)12(27)14(30-19)10-7-9(5-2)25-31-10/h11-13,15-17,23,33-34H,3-10H2,1-2H3,(H,25,35)(H,24,28,29);7-8,12-14,19,27-28H,4-6H2,1-3H3,(H,21,29)(H,20,23,24)/t15-,16+,17-,23+;12-,13+,14+,19+/m00/s1. The SMILES string of the molecule is CCCNC(=O)c1nc(NC)c2ncn([C@@H]3O[C@H](c4cc(CC)no4)[C@@H](O)[C@H]3O)c2n1.CCn1cnc([C@H]2O[C@@H](n3cnc4c(NC)nc(C(=O)NCCC5CCCCC5)nc43)[C@H](O)[C@@H]2O)n1. The summed E-state index contributed by atoms with van der Waals surface area (Å²) in [6.45, 7) is 7.46. The number of nitrogens with zero attached hydrogens (tertiary/aromatic N) is 12. The van der Waals surface area contributed by atoms with E-state index in [4.69, 9.17) is 14.0 Å². The monoisotopic (exact) mass is 930 g/mol. The molecule has 360 valence electrons. The molecule has 8 N–H and O–H groups in total. The van der Waals surface area contributed by atoms with Gasteiger partial charge in [-0.15, -0.1) is 0 Å². The van der Waals surface area contributed by atoms with Gasteiger partial charge in [0.25, 0.3) is 11.8 Å². The number of amides is 2. The van der Waals surface area contributed by atoms with Crippen molar-refractivity contribution in [1.82, 2.24) is 69.6 Å². The molecule has 0 bridgehead atoms. The molecule has 25 nitrogen and oxygen atoms in total. The van der Waals surface area contributed by atoms with Crippen LogP contribution in [0.15, 0.2) is 29.6 Å². The first-order valence-corrected chi connectivity index (χ1v) is 22.8. The van der Waals surface area contributed by atoms with Crippen LogP contribution < -0.4 is 21.3 Å². The molecule has 6 aromatic rings. The van der Waals surface area contributed by atoms with Gasteiger partial charge in [0.05, 0.1) is 18.3 Å². The van der Waals surface area contributed by atoms with Crippen LogP contribution in [-0.2, 0) is 22.4 Å². The van der Waals surface area contributed by atoms with Gasteiger partial charge in [-0.3, -0.25) is 23.4 Å². The number of aryl methyl sites for hydroxylation is 2. The fourth-order valence-corrected chi connectivity index (χ4v) is 8.47. The van der Waals surface area contributed by atoms with E-state index in [0.717, 1.165) is 12.8 Å². The summed E-state index contributed by atoms with van der Waals surface area (Å²) in [5.41, 5.74) is 2.11. The summed E-state index contributed by atoms with van der Waals surface area (Å²) in [6, 6.07) is 1.69. The van der Waals surface area contributed by atoms with Gasteiger partial charge >= 0.3 is 0 Å². The molecule has 25 heteroatoms. The highest BCUT2D eigenvalue weighted by Crippen LogP contribution is 2.41. The van der Waals surface area contributed by atoms with Gasteiger partial charge in [-0.1, -0.05) is 51.1 Å². The highest BCUT2D eigenvalue weighted by molar-refractivity contribution is 5.95. The fourth-order valence-electron chi connectivity index (χ4n) is 8.47. The van der Waals surface area contributed by atoms with E-state index in [1.165, 1.54) is 53.9 Å². The molecule has 67 heavy (non-hydrogen) atoms. The number of anilines is 2. The number of ether oxygens (including phenoxy) is 2. The highest BCUT2D eigenvalue weighted by Gasteiger charge is 2.48. The maximum absolute atomic E-state index is 12.9. The van der Waals surface area contributed by atoms with Crippen molar-refractivity contribution in [3.63, 3.8) is 0 Å². The van der Waals surface area contributed by atoms with Crippen LogP contribution in [0.3, 0.4) is 0 Å². The van der Waals surface area contributed by atoms with Crippen LogP contribution in [0.4, 0.5) is 11.6 Å². The van der Waals surface area contributed by atoms with Crippen molar-refractivity contribution in [2.75, 3.05) is 37.8 Å². The summed E-state index contributed by atoms with van der Waals surface area (Å²) in [7, 11) is 3.34. The van der Waals surface area contributed by atoms with Crippen molar-refractivity contribution >= 4 is 45.8 Å². The van der Waals surface area contributed by atoms with E-state index < -0.39 is 55.0 Å². The van der Waals surface area contributed by atoms with Gasteiger partial charge in [-0.25, -0.2) is 34.9 Å². The number of hydrogen-bond acceptors (Lipinski definition) is 20. The van der Waals surface area contributed by atoms with Gasteiger partial charge in [-0.05, 0) is 32.1 Å². The van der Waals surface area contributed by atoms with E-state index in [9.17, 15) is 30.0 Å². The summed E-state index contributed by atoms with van der Waals surface area (Å²) < 4.78 is 21.8. The van der Waals surface area contributed by atoms with Crippen LogP contribution >= 0.6 is 0 Å². The smallest absolute Gasteiger partial charge is 0.289 e. The Morgan fingerprint density at radius 1 is 0.716 bits per heavy atom. The normalized spacial score (nSPS) is 24.2. The second-order valence-electron chi connectivity index (χ2n) is 16.6. The molecular weight excluding hydrogens is 873 g/mol. The predicted octanol–water partition coefficient (Wildman–Crippen LogP) is 1.72. The molecule has 0 unspecified atom stereocenters. The average molecular weight is 931 g/mol. The van der Waals surface area contributed by atoms with E-state index >= 15 is 0 Å². The van der Waals surface area contributed by atoms with E-state index in [0.29, 0.717) is 71.7 Å². The Morgan fingerprint density at radius 2 is 1.28 bits per heavy atom. The topological polar surface area (TPSA) is 326 Å². The van der Waals surface area contributed by atoms with Crippen LogP contribution in [0.5, 0.6) is 0 Å². The lowest BCUT2D eigenvalue weighted by atomic mass is 9.87. The maximum atomic E-state index is 12.9. The van der Waals surface area contributed by atoms with Crippen molar-refractivity contribution in [3.05, 3.63) is 54.0 Å². The number of aromatic nitrogens is 12. The third kappa shape index (κ3) is 9.64. The molecule has 1 saturated carbocycles. The summed E-state index contributed by atoms with van der Waals surface area (Å²) >= 11 is 0. The molecular formula is C42H58N16O9. The number of hydrogen-bond donors (Lipinski definition) is 8. The lowest BCUT2D eigenvalue weighted by molar-refractivity contribution is -0.0434. The Morgan fingerprint density at radius 3 is 1.81 bits per heavy atom. The number of carbonyl (C=O) groups excluding carboxylic acids is 2. The molecule has 9 rings (SSSR count). The number of imidazole rings is 2. The summed E-state index contributed by atoms with van der Waals surface area (Å²) in [6.07, 6.45) is 4.09. The predicted molar refractivity (Wildman–Crippen MR) is 237 cm³/mol. The van der Waals surface area contributed by atoms with Crippen molar-refractivity contribution in [2.24, 2.45) is 5.92 Å². The van der Waals surface area contributed by atoms with E-state index in [1.54, 1.807) is 31.2 Å². The molecule has 1 aliphatic carbocycles. The molecule has 0 aromatic carbocycles. The Bertz CT molecular complexity index is 2640. The summed E-state index contributed by atoms with van der Waals surface area (Å²) in [4.78, 5) is 55.6. The number of carbonyl (C=O) groups is 2. The van der Waals surface area contributed by atoms with Crippen LogP contribution in [0.1, 0.15) is 129 Å². The van der Waals surface area contributed by atoms with Crippen LogP contribution in [0.25, 0.3) is 22.3 Å². The Kier molecular flexibility index (Phi) is 14.6. The molecule has 2 amide bonds. The first-order valence-electron chi connectivity index (χ1n) is 22.8. The minimum atomic E-state index is -1.29. The minimum absolute atomic E-state index is 0.00909. The second-order valence-corrected chi connectivity index (χ2v) is 16.6. The summed E-state index contributed by atoms with van der Waals surface area (Å²) in [5, 5.41) is 62.5. The lowest BCUT2D eigenvalue weighted by Gasteiger charge is -2.21. The first kappa shape index (κ1) is 47.3. The van der Waals surface area contributed by atoms with E-state index in [-0.39, 0.29) is 29.0 Å². The van der Waals surface area contributed by atoms with Crippen molar-refractivity contribution in [2.45, 2.75) is 128 Å². The van der Waals surface area contributed by atoms with Crippen molar-refractivity contribution in [3.8, 4) is 0 Å². The highest BCUT2D eigenvalue weighted by atomic mass is 16.6. The average Bonchev–Trinajstić information content (AvgIpc) is 4.24. The lowest BCUT2D eigenvalue weighted by Crippen LogP contribution is -2.30. The number of fused-ring (bicyclic) bond motifs is 2. The number of rotatable bonds is 15. The molecule has 2 aliphatic heterocycles. The summed E-state index contributed by atoms with van der Waals surface area (Å²) in [5.74, 6) is 1.13. The zero-order chi connectivity index (χ0) is 47.4. The van der Waals surface area contributed by atoms with Crippen LogP contribution in [0.2, 0.25) is 0 Å². The Hall–Kier alpha value is -6.25. The number of aliphatic hydroxyl groups is 4. The van der Waals surface area contributed by atoms with Gasteiger partial charge in [0.15, 0.2) is 64.1 Å². The van der Waals surface area contributed by atoms with Crippen molar-refractivity contribution in [1.29, 1.82) is 0 Å². The second kappa shape index (κ2) is 20.7. The van der Waals surface area contributed by atoms with E-state index in [1.807, 2.05) is 20.8 Å². The molecule has 6 aromatic heterocycles. The number of aliphatic hydroxyl groups excluding tert-OH is 4. The third-order valence-corrected chi connectivity index (χ3v) is 12.2. The molecule has 8 heterocycles. The van der Waals surface area contributed by atoms with Gasteiger partial charge < -0.3 is 55.7 Å². The minimum Gasteiger partial charge on any atom is -0.387 e. The largest absolute Gasteiger partial charge is 0.387 e.